The van der Waals surface area contributed by atoms with Gasteiger partial charge in [0.15, 0.2) is 0 Å². The van der Waals surface area contributed by atoms with Gasteiger partial charge in [-0.1, -0.05) is 0 Å². The Balaban J connectivity index is 1.98. The van der Waals surface area contributed by atoms with Crippen LogP contribution in [0.4, 0.5) is 13.2 Å². The number of alkyl halides is 3. The molecule has 1 aromatic carbocycles. The third-order valence-electron chi connectivity index (χ3n) is 3.42. The van der Waals surface area contributed by atoms with Gasteiger partial charge in [-0.3, -0.25) is 0 Å². The van der Waals surface area contributed by atoms with E-state index in [2.05, 4.69) is 25.1 Å². The number of pyridine rings is 1. The van der Waals surface area contributed by atoms with Crippen LogP contribution >= 0.6 is 0 Å². The van der Waals surface area contributed by atoms with Crippen molar-refractivity contribution in [2.75, 3.05) is 7.11 Å². The average molecular weight is 379 g/mol. The van der Waals surface area contributed by atoms with Crippen LogP contribution in [-0.2, 0) is 18.0 Å². The van der Waals surface area contributed by atoms with Crippen molar-refractivity contribution >= 4 is 5.97 Å². The van der Waals surface area contributed by atoms with Gasteiger partial charge in [0, 0.05) is 6.20 Å². The first kappa shape index (κ1) is 18.3. The lowest BCUT2D eigenvalue weighted by atomic mass is 10.2. The van der Waals surface area contributed by atoms with E-state index in [1.807, 2.05) is 0 Å². The SMILES string of the molecule is COC(=O)c1cnc(Oc2ccc(C(F)(F)F)cc2)c(-c2nnn(C)n2)c1. The zero-order chi connectivity index (χ0) is 19.6. The zero-order valence-electron chi connectivity index (χ0n) is 14.1. The number of hydrogen-bond acceptors (Lipinski definition) is 7. The molecule has 0 radical (unpaired) electrons. The molecule has 0 atom stereocenters. The number of rotatable bonds is 4. The fourth-order valence-corrected chi connectivity index (χ4v) is 2.14. The maximum absolute atomic E-state index is 12.7. The third-order valence-corrected chi connectivity index (χ3v) is 3.42. The van der Waals surface area contributed by atoms with Crippen molar-refractivity contribution in [1.29, 1.82) is 0 Å². The van der Waals surface area contributed by atoms with Crippen LogP contribution in [0.2, 0.25) is 0 Å². The Morgan fingerprint density at radius 1 is 1.19 bits per heavy atom. The standard InChI is InChI=1S/C16H12F3N5O3/c1-24-22-13(21-23-24)12-7-9(15(25)26-2)8-20-14(12)27-11-5-3-10(4-6-11)16(17,18)19/h3-8H,1-2H3. The molecule has 0 aliphatic rings. The van der Waals surface area contributed by atoms with Crippen LogP contribution in [0.25, 0.3) is 11.4 Å². The topological polar surface area (TPSA) is 92.0 Å². The molecule has 2 heterocycles. The van der Waals surface area contributed by atoms with E-state index in [0.717, 1.165) is 24.3 Å². The molecule has 2 aromatic heterocycles. The first-order valence-corrected chi connectivity index (χ1v) is 7.46. The summed E-state index contributed by atoms with van der Waals surface area (Å²) in [4.78, 5) is 17.0. The van der Waals surface area contributed by atoms with Crippen molar-refractivity contribution in [3.05, 3.63) is 47.7 Å². The van der Waals surface area contributed by atoms with Crippen LogP contribution in [0.5, 0.6) is 11.6 Å². The van der Waals surface area contributed by atoms with Gasteiger partial charge in [-0.25, -0.2) is 9.78 Å². The van der Waals surface area contributed by atoms with Gasteiger partial charge in [-0.2, -0.15) is 18.0 Å². The maximum Gasteiger partial charge on any atom is 0.416 e. The van der Waals surface area contributed by atoms with Gasteiger partial charge >= 0.3 is 12.1 Å². The number of aryl methyl sites for hydroxylation is 1. The molecule has 0 saturated heterocycles. The van der Waals surface area contributed by atoms with E-state index >= 15 is 0 Å². The number of hydrogen-bond donors (Lipinski definition) is 0. The highest BCUT2D eigenvalue weighted by atomic mass is 19.4. The van der Waals surface area contributed by atoms with Crippen molar-refractivity contribution in [3.63, 3.8) is 0 Å². The molecular weight excluding hydrogens is 367 g/mol. The molecule has 27 heavy (non-hydrogen) atoms. The number of halogens is 3. The van der Waals surface area contributed by atoms with E-state index in [9.17, 15) is 18.0 Å². The monoisotopic (exact) mass is 379 g/mol. The highest BCUT2D eigenvalue weighted by Gasteiger charge is 2.30. The summed E-state index contributed by atoms with van der Waals surface area (Å²) in [5, 5.41) is 11.6. The highest BCUT2D eigenvalue weighted by molar-refractivity contribution is 5.90. The normalized spacial score (nSPS) is 11.3. The number of nitrogens with zero attached hydrogens (tertiary/aromatic N) is 5. The van der Waals surface area contributed by atoms with E-state index in [-0.39, 0.29) is 28.6 Å². The summed E-state index contributed by atoms with van der Waals surface area (Å²) in [7, 11) is 2.76. The molecule has 140 valence electrons. The minimum Gasteiger partial charge on any atom is -0.465 e. The minimum atomic E-state index is -4.45. The summed E-state index contributed by atoms with van der Waals surface area (Å²) in [5.74, 6) is -0.395. The van der Waals surface area contributed by atoms with Gasteiger partial charge in [-0.15, -0.1) is 10.2 Å². The second-order valence-corrected chi connectivity index (χ2v) is 5.29. The molecule has 0 bridgehead atoms. The van der Waals surface area contributed by atoms with Crippen LogP contribution < -0.4 is 4.74 Å². The Kier molecular flexibility index (Phi) is 4.75. The Morgan fingerprint density at radius 3 is 2.44 bits per heavy atom. The Labute approximate surface area is 150 Å². The Hall–Kier alpha value is -3.50. The van der Waals surface area contributed by atoms with E-state index in [0.29, 0.717) is 0 Å². The average Bonchev–Trinajstić information content (AvgIpc) is 3.07. The van der Waals surface area contributed by atoms with Gasteiger partial charge in [0.1, 0.15) is 5.75 Å². The molecule has 0 spiro atoms. The third kappa shape index (κ3) is 4.02. The fourth-order valence-electron chi connectivity index (χ4n) is 2.14. The molecule has 0 saturated carbocycles. The molecule has 0 amide bonds. The number of carbonyl (C=O) groups excluding carboxylic acids is 1. The van der Waals surface area contributed by atoms with Gasteiger partial charge in [0.25, 0.3) is 0 Å². The fraction of sp³-hybridized carbons (Fsp3) is 0.188. The zero-order valence-corrected chi connectivity index (χ0v) is 14.1. The lowest BCUT2D eigenvalue weighted by Crippen LogP contribution is -2.05. The van der Waals surface area contributed by atoms with E-state index in [4.69, 9.17) is 4.74 Å². The highest BCUT2D eigenvalue weighted by Crippen LogP contribution is 2.33. The first-order chi connectivity index (χ1) is 12.8. The lowest BCUT2D eigenvalue weighted by molar-refractivity contribution is -0.137. The number of carbonyl (C=O) groups is 1. The Bertz CT molecular complexity index is 970. The number of esters is 1. The minimum absolute atomic E-state index is 0.00425. The van der Waals surface area contributed by atoms with Crippen molar-refractivity contribution < 1.29 is 27.4 Å². The van der Waals surface area contributed by atoms with Gasteiger partial charge in [0.2, 0.25) is 11.7 Å². The van der Waals surface area contributed by atoms with Crippen LogP contribution in [0.1, 0.15) is 15.9 Å². The Morgan fingerprint density at radius 2 is 1.89 bits per heavy atom. The van der Waals surface area contributed by atoms with Gasteiger partial charge < -0.3 is 9.47 Å². The molecule has 0 fully saturated rings. The summed E-state index contributed by atoms with van der Waals surface area (Å²) >= 11 is 0. The second-order valence-electron chi connectivity index (χ2n) is 5.29. The molecule has 3 aromatic rings. The summed E-state index contributed by atoms with van der Waals surface area (Å²) in [6.07, 6.45) is -3.24. The molecule has 11 heteroatoms. The second kappa shape index (κ2) is 7.02. The number of aromatic nitrogens is 5. The molecule has 0 aliphatic heterocycles. The predicted octanol–water partition coefficient (Wildman–Crippen LogP) is 2.87. The van der Waals surface area contributed by atoms with Gasteiger partial charge in [-0.05, 0) is 35.5 Å². The molecule has 8 nitrogen and oxygen atoms in total. The van der Waals surface area contributed by atoms with Crippen molar-refractivity contribution in [3.8, 4) is 23.0 Å². The predicted molar refractivity (Wildman–Crippen MR) is 84.9 cm³/mol. The molecule has 0 unspecified atom stereocenters. The largest absolute Gasteiger partial charge is 0.465 e. The van der Waals surface area contributed by atoms with Crippen LogP contribution in [0.15, 0.2) is 36.5 Å². The van der Waals surface area contributed by atoms with Crippen molar-refractivity contribution in [1.82, 2.24) is 25.2 Å². The maximum atomic E-state index is 12.7. The summed E-state index contributed by atoms with van der Waals surface area (Å²) in [6, 6.07) is 5.49. The van der Waals surface area contributed by atoms with Crippen molar-refractivity contribution in [2.24, 2.45) is 7.05 Å². The number of tetrazole rings is 1. The summed E-state index contributed by atoms with van der Waals surface area (Å²) in [6.45, 7) is 0. The molecule has 3 rings (SSSR count). The summed E-state index contributed by atoms with van der Waals surface area (Å²) < 4.78 is 48.2. The first-order valence-electron chi connectivity index (χ1n) is 7.46. The summed E-state index contributed by atoms with van der Waals surface area (Å²) in [5.41, 5.74) is -0.453. The van der Waals surface area contributed by atoms with Crippen LogP contribution in [0.3, 0.4) is 0 Å². The quantitative estimate of drug-likeness (QED) is 0.644. The molecule has 0 N–H and O–H groups in total. The lowest BCUT2D eigenvalue weighted by Gasteiger charge is -2.11. The molecular formula is C16H12F3N5O3. The smallest absolute Gasteiger partial charge is 0.416 e. The number of benzene rings is 1. The van der Waals surface area contributed by atoms with E-state index in [1.165, 1.54) is 24.2 Å². The van der Waals surface area contributed by atoms with Crippen molar-refractivity contribution in [2.45, 2.75) is 6.18 Å². The van der Waals surface area contributed by atoms with Crippen LogP contribution in [-0.4, -0.2) is 38.3 Å². The number of methoxy groups -OCH3 is 1. The van der Waals surface area contributed by atoms with Crippen LogP contribution in [0, 0.1) is 0 Å². The van der Waals surface area contributed by atoms with E-state index < -0.39 is 17.7 Å². The molecule has 0 aliphatic carbocycles. The van der Waals surface area contributed by atoms with E-state index in [1.54, 1.807) is 7.05 Å². The number of ether oxygens (including phenoxy) is 2. The van der Waals surface area contributed by atoms with Gasteiger partial charge in [0.05, 0.1) is 30.8 Å².